The zero-order valence-corrected chi connectivity index (χ0v) is 13.1. The number of benzene rings is 1. The molecular weight excluding hydrogens is 365 g/mol. The molecule has 22 heavy (non-hydrogen) atoms. The third-order valence-electron chi connectivity index (χ3n) is 2.90. The fourth-order valence-corrected chi connectivity index (χ4v) is 2.47. The molecule has 1 heterocycles. The smallest absolute Gasteiger partial charge is 0.450 e. The van der Waals surface area contributed by atoms with Crippen LogP contribution in [0.3, 0.4) is 0 Å². The number of rotatable bonds is 4. The van der Waals surface area contributed by atoms with Crippen molar-refractivity contribution in [3.05, 3.63) is 47.4 Å². The normalized spacial score (nSPS) is 11.5. The first-order chi connectivity index (χ1) is 10.4. The van der Waals surface area contributed by atoms with Gasteiger partial charge in [-0.25, -0.2) is 4.79 Å². The van der Waals surface area contributed by atoms with Gasteiger partial charge in [0.1, 0.15) is 11.3 Å². The summed E-state index contributed by atoms with van der Waals surface area (Å²) in [6.45, 7) is 1.50. The number of carbonyl (C=O) groups is 1. The number of hydrogen-bond acceptors (Lipinski definition) is 3. The SMILES string of the molecule is CCOC(=O)c1c(C(F)(F)F)oc(CBr)c1-c1ccccc1. The Bertz CT molecular complexity index is 663. The number of furan rings is 1. The first kappa shape index (κ1) is 16.6. The maximum atomic E-state index is 13.2. The lowest BCUT2D eigenvalue weighted by molar-refractivity contribution is -0.153. The standard InChI is InChI=1S/C15H12BrF3O3/c1-2-21-14(20)12-11(9-6-4-3-5-7-9)10(8-16)22-13(12)15(17,18)19/h3-7H,2,8H2,1H3. The fourth-order valence-electron chi connectivity index (χ4n) is 2.08. The van der Waals surface area contributed by atoms with Gasteiger partial charge < -0.3 is 9.15 Å². The zero-order chi connectivity index (χ0) is 16.3. The van der Waals surface area contributed by atoms with Crippen LogP contribution in [0.1, 0.15) is 28.8 Å². The molecule has 1 aromatic heterocycles. The molecule has 0 spiro atoms. The van der Waals surface area contributed by atoms with Crippen LogP contribution < -0.4 is 0 Å². The highest BCUT2D eigenvalue weighted by Gasteiger charge is 2.43. The highest BCUT2D eigenvalue weighted by molar-refractivity contribution is 9.08. The van der Waals surface area contributed by atoms with Crippen molar-refractivity contribution in [3.8, 4) is 11.1 Å². The molecule has 0 atom stereocenters. The average Bonchev–Trinajstić information content (AvgIpc) is 2.88. The summed E-state index contributed by atoms with van der Waals surface area (Å²) in [5.74, 6) is -2.36. The molecule has 0 bridgehead atoms. The zero-order valence-electron chi connectivity index (χ0n) is 11.5. The van der Waals surface area contributed by atoms with E-state index in [-0.39, 0.29) is 23.3 Å². The van der Waals surface area contributed by atoms with Crippen molar-refractivity contribution >= 4 is 21.9 Å². The van der Waals surface area contributed by atoms with Crippen molar-refractivity contribution in [1.82, 2.24) is 0 Å². The van der Waals surface area contributed by atoms with Gasteiger partial charge in [-0.3, -0.25) is 0 Å². The Labute approximate surface area is 133 Å². The summed E-state index contributed by atoms with van der Waals surface area (Å²) in [4.78, 5) is 12.0. The highest BCUT2D eigenvalue weighted by Crippen LogP contribution is 2.42. The van der Waals surface area contributed by atoms with Gasteiger partial charge >= 0.3 is 12.1 Å². The third kappa shape index (κ3) is 3.19. The van der Waals surface area contributed by atoms with Crippen LogP contribution in [-0.2, 0) is 16.2 Å². The summed E-state index contributed by atoms with van der Waals surface area (Å²) >= 11 is 3.09. The summed E-state index contributed by atoms with van der Waals surface area (Å²) in [7, 11) is 0. The molecule has 0 saturated heterocycles. The molecule has 118 valence electrons. The van der Waals surface area contributed by atoms with Crippen molar-refractivity contribution in [2.75, 3.05) is 6.61 Å². The van der Waals surface area contributed by atoms with E-state index in [1.54, 1.807) is 30.3 Å². The van der Waals surface area contributed by atoms with E-state index in [9.17, 15) is 18.0 Å². The predicted octanol–water partition coefficient (Wildman–Crippen LogP) is 5.04. The largest absolute Gasteiger partial charge is 0.462 e. The van der Waals surface area contributed by atoms with Crippen LogP contribution in [0.25, 0.3) is 11.1 Å². The molecule has 0 aliphatic heterocycles. The lowest BCUT2D eigenvalue weighted by atomic mass is 10.0. The van der Waals surface area contributed by atoms with Gasteiger partial charge in [-0.15, -0.1) is 0 Å². The van der Waals surface area contributed by atoms with Crippen molar-refractivity contribution < 1.29 is 27.1 Å². The van der Waals surface area contributed by atoms with Crippen molar-refractivity contribution in [2.45, 2.75) is 18.4 Å². The van der Waals surface area contributed by atoms with Crippen LogP contribution >= 0.6 is 15.9 Å². The van der Waals surface area contributed by atoms with Crippen molar-refractivity contribution in [3.63, 3.8) is 0 Å². The van der Waals surface area contributed by atoms with E-state index >= 15 is 0 Å². The Morgan fingerprint density at radius 1 is 1.27 bits per heavy atom. The second-order valence-corrected chi connectivity index (χ2v) is 4.88. The summed E-state index contributed by atoms with van der Waals surface area (Å²) in [6, 6.07) is 8.29. The van der Waals surface area contributed by atoms with E-state index in [0.717, 1.165) is 0 Å². The number of ether oxygens (including phenoxy) is 1. The molecule has 0 saturated carbocycles. The molecule has 2 aromatic rings. The predicted molar refractivity (Wildman–Crippen MR) is 77.7 cm³/mol. The van der Waals surface area contributed by atoms with Gasteiger partial charge in [-0.1, -0.05) is 46.3 Å². The van der Waals surface area contributed by atoms with Crippen LogP contribution in [0.4, 0.5) is 13.2 Å². The van der Waals surface area contributed by atoms with Gasteiger partial charge in [0.15, 0.2) is 0 Å². The van der Waals surface area contributed by atoms with Crippen LogP contribution in [0, 0.1) is 0 Å². The molecule has 0 unspecified atom stereocenters. The number of esters is 1. The van der Waals surface area contributed by atoms with E-state index in [4.69, 9.17) is 9.15 Å². The maximum absolute atomic E-state index is 13.2. The minimum absolute atomic E-state index is 0.0286. The molecule has 0 amide bonds. The third-order valence-corrected chi connectivity index (χ3v) is 3.41. The molecule has 0 N–H and O–H groups in total. The van der Waals surface area contributed by atoms with Gasteiger partial charge in [-0.2, -0.15) is 13.2 Å². The Morgan fingerprint density at radius 2 is 1.91 bits per heavy atom. The first-order valence-corrected chi connectivity index (χ1v) is 7.53. The Hall–Kier alpha value is -1.76. The summed E-state index contributed by atoms with van der Waals surface area (Å²) < 4.78 is 49.2. The number of hydrogen-bond donors (Lipinski definition) is 0. The fraction of sp³-hybridized carbons (Fsp3) is 0.267. The Balaban J connectivity index is 2.74. The molecule has 7 heteroatoms. The lowest BCUT2D eigenvalue weighted by Crippen LogP contribution is -2.13. The molecule has 0 aliphatic carbocycles. The van der Waals surface area contributed by atoms with Crippen LogP contribution in [0.5, 0.6) is 0 Å². The average molecular weight is 377 g/mol. The van der Waals surface area contributed by atoms with Gasteiger partial charge in [0, 0.05) is 5.56 Å². The van der Waals surface area contributed by atoms with E-state index in [0.29, 0.717) is 5.56 Å². The minimum Gasteiger partial charge on any atom is -0.462 e. The van der Waals surface area contributed by atoms with E-state index in [1.165, 1.54) is 6.92 Å². The molecule has 2 rings (SSSR count). The second kappa shape index (κ2) is 6.56. The Morgan fingerprint density at radius 3 is 2.41 bits per heavy atom. The number of carbonyl (C=O) groups excluding carboxylic acids is 1. The first-order valence-electron chi connectivity index (χ1n) is 6.41. The molecule has 0 fully saturated rings. The van der Waals surface area contributed by atoms with E-state index < -0.39 is 23.5 Å². The summed E-state index contributed by atoms with van der Waals surface area (Å²) in [5, 5.41) is 0.0414. The van der Waals surface area contributed by atoms with Gasteiger partial charge in [0.25, 0.3) is 0 Å². The summed E-state index contributed by atoms with van der Waals surface area (Å²) in [6.07, 6.45) is -4.79. The van der Waals surface area contributed by atoms with Crippen molar-refractivity contribution in [1.29, 1.82) is 0 Å². The minimum atomic E-state index is -4.79. The van der Waals surface area contributed by atoms with Gasteiger partial charge in [0.2, 0.25) is 5.76 Å². The van der Waals surface area contributed by atoms with E-state index in [2.05, 4.69) is 15.9 Å². The monoisotopic (exact) mass is 376 g/mol. The molecular formula is C15H12BrF3O3. The van der Waals surface area contributed by atoms with Crippen LogP contribution in [0.15, 0.2) is 34.7 Å². The molecule has 0 radical (unpaired) electrons. The van der Waals surface area contributed by atoms with Crippen LogP contribution in [0.2, 0.25) is 0 Å². The van der Waals surface area contributed by atoms with Gasteiger partial charge in [-0.05, 0) is 12.5 Å². The highest BCUT2D eigenvalue weighted by atomic mass is 79.9. The van der Waals surface area contributed by atoms with Gasteiger partial charge in [0.05, 0.1) is 11.9 Å². The molecule has 0 aliphatic rings. The maximum Gasteiger partial charge on any atom is 0.450 e. The Kier molecular flexibility index (Phi) is 4.95. The van der Waals surface area contributed by atoms with E-state index in [1.807, 2.05) is 0 Å². The summed E-state index contributed by atoms with van der Waals surface area (Å²) in [5.41, 5.74) is -0.0301. The number of alkyl halides is 4. The van der Waals surface area contributed by atoms with Crippen LogP contribution in [-0.4, -0.2) is 12.6 Å². The topological polar surface area (TPSA) is 39.4 Å². The molecule has 3 nitrogen and oxygen atoms in total. The number of halogens is 4. The molecule has 1 aromatic carbocycles. The lowest BCUT2D eigenvalue weighted by Gasteiger charge is -2.08. The quantitative estimate of drug-likeness (QED) is 0.554. The second-order valence-electron chi connectivity index (χ2n) is 4.32. The van der Waals surface area contributed by atoms with Crippen molar-refractivity contribution in [2.24, 2.45) is 0 Å².